The van der Waals surface area contributed by atoms with Gasteiger partial charge in [0.1, 0.15) is 11.4 Å². The molecule has 0 saturated carbocycles. The number of hydrogen-bond donors (Lipinski definition) is 0. The maximum Gasteiger partial charge on any atom is 0.229 e. The number of rotatable bonds is 4. The Labute approximate surface area is 173 Å². The molecular formula is C24H29N3O2. The first-order valence-electron chi connectivity index (χ1n) is 10.5. The highest BCUT2D eigenvalue weighted by molar-refractivity contribution is 5.78. The van der Waals surface area contributed by atoms with E-state index in [1.165, 1.54) is 0 Å². The van der Waals surface area contributed by atoms with Gasteiger partial charge >= 0.3 is 0 Å². The van der Waals surface area contributed by atoms with Crippen LogP contribution in [0.2, 0.25) is 0 Å². The van der Waals surface area contributed by atoms with Crippen LogP contribution in [0.5, 0.6) is 5.75 Å². The summed E-state index contributed by atoms with van der Waals surface area (Å²) in [6.07, 6.45) is 6.93. The monoisotopic (exact) mass is 391 g/mol. The highest BCUT2D eigenvalue weighted by Crippen LogP contribution is 2.35. The van der Waals surface area contributed by atoms with Gasteiger partial charge in [-0.2, -0.15) is 0 Å². The summed E-state index contributed by atoms with van der Waals surface area (Å²) in [4.78, 5) is 21.9. The molecule has 152 valence electrons. The normalized spacial score (nSPS) is 22.3. The molecule has 5 nitrogen and oxygen atoms in total. The average Bonchev–Trinajstić information content (AvgIpc) is 3.02. The number of fused-ring (bicyclic) bond motifs is 1. The van der Waals surface area contributed by atoms with E-state index in [0.717, 1.165) is 55.9 Å². The second kappa shape index (κ2) is 8.78. The molecule has 2 aromatic rings. The number of ether oxygens (including phenoxy) is 1. The van der Waals surface area contributed by atoms with Gasteiger partial charge in [-0.05, 0) is 37.6 Å². The summed E-state index contributed by atoms with van der Waals surface area (Å²) in [6.45, 7) is 7.98. The highest BCUT2D eigenvalue weighted by atomic mass is 16.5. The molecule has 1 amide bonds. The minimum absolute atomic E-state index is 0.107. The molecule has 1 unspecified atom stereocenters. The van der Waals surface area contributed by atoms with E-state index in [-0.39, 0.29) is 11.5 Å². The Morgan fingerprint density at radius 3 is 2.86 bits per heavy atom. The van der Waals surface area contributed by atoms with E-state index in [4.69, 9.17) is 4.74 Å². The molecule has 2 aliphatic rings. The van der Waals surface area contributed by atoms with Crippen LogP contribution in [0.4, 0.5) is 0 Å². The third-order valence-electron chi connectivity index (χ3n) is 5.93. The van der Waals surface area contributed by atoms with E-state index < -0.39 is 0 Å². The maximum absolute atomic E-state index is 13.2. The van der Waals surface area contributed by atoms with Crippen LogP contribution < -0.4 is 4.74 Å². The first kappa shape index (κ1) is 19.6. The molecule has 0 N–H and O–H groups in total. The predicted octanol–water partition coefficient (Wildman–Crippen LogP) is 3.46. The van der Waals surface area contributed by atoms with Crippen molar-refractivity contribution in [1.29, 1.82) is 0 Å². The van der Waals surface area contributed by atoms with Crippen molar-refractivity contribution in [3.8, 4) is 5.75 Å². The number of nitrogens with zero attached hydrogens (tertiary/aromatic N) is 3. The number of benzene rings is 1. The molecule has 1 aromatic carbocycles. The van der Waals surface area contributed by atoms with Gasteiger partial charge in [-0.3, -0.25) is 14.7 Å². The summed E-state index contributed by atoms with van der Waals surface area (Å²) in [7, 11) is 0. The van der Waals surface area contributed by atoms with Crippen molar-refractivity contribution < 1.29 is 9.53 Å². The summed E-state index contributed by atoms with van der Waals surface area (Å²) < 4.78 is 6.66. The standard InChI is InChI=1S/C24H29N3O2/c1-2-14-26-15-7-11-24(12-16-26)19-27(18-20-8-3-4-10-22(20)29-24)23(28)17-21-9-5-6-13-25-21/h2-6,8-10,13H,1,7,11-12,14-19H2. The van der Waals surface area contributed by atoms with Crippen molar-refractivity contribution in [2.24, 2.45) is 0 Å². The molecule has 1 saturated heterocycles. The number of amides is 1. The lowest BCUT2D eigenvalue weighted by atomic mass is 9.93. The first-order chi connectivity index (χ1) is 14.2. The molecule has 5 heteroatoms. The van der Waals surface area contributed by atoms with E-state index in [9.17, 15) is 4.79 Å². The number of carbonyl (C=O) groups is 1. The predicted molar refractivity (Wildman–Crippen MR) is 114 cm³/mol. The minimum Gasteiger partial charge on any atom is -0.485 e. The second-order valence-corrected chi connectivity index (χ2v) is 8.08. The molecular weight excluding hydrogens is 362 g/mol. The van der Waals surface area contributed by atoms with Crippen molar-refractivity contribution in [2.75, 3.05) is 26.2 Å². The molecule has 29 heavy (non-hydrogen) atoms. The van der Waals surface area contributed by atoms with Gasteiger partial charge < -0.3 is 9.64 Å². The Bertz CT molecular complexity index is 854. The van der Waals surface area contributed by atoms with Crippen molar-refractivity contribution in [3.63, 3.8) is 0 Å². The van der Waals surface area contributed by atoms with E-state index in [1.54, 1.807) is 6.20 Å². The van der Waals surface area contributed by atoms with Gasteiger partial charge in [0.2, 0.25) is 5.91 Å². The smallest absolute Gasteiger partial charge is 0.229 e. The fraction of sp³-hybridized carbons (Fsp3) is 0.417. The fourth-order valence-corrected chi connectivity index (χ4v) is 4.40. The molecule has 3 heterocycles. The zero-order valence-electron chi connectivity index (χ0n) is 16.9. The van der Waals surface area contributed by atoms with Crippen LogP contribution in [0.25, 0.3) is 0 Å². The highest BCUT2D eigenvalue weighted by Gasteiger charge is 2.40. The van der Waals surface area contributed by atoms with Gasteiger partial charge in [0, 0.05) is 43.5 Å². The Morgan fingerprint density at radius 1 is 1.17 bits per heavy atom. The van der Waals surface area contributed by atoms with Crippen LogP contribution in [-0.2, 0) is 17.8 Å². The third kappa shape index (κ3) is 4.67. The van der Waals surface area contributed by atoms with E-state index in [1.807, 2.05) is 47.4 Å². The fourth-order valence-electron chi connectivity index (χ4n) is 4.40. The molecule has 1 atom stereocenters. The lowest BCUT2D eigenvalue weighted by Gasteiger charge is -2.35. The quantitative estimate of drug-likeness (QED) is 0.749. The Kier molecular flexibility index (Phi) is 5.95. The number of likely N-dealkylation sites (tertiary alicyclic amines) is 1. The molecule has 1 aromatic heterocycles. The number of hydrogen-bond acceptors (Lipinski definition) is 4. The van der Waals surface area contributed by atoms with Gasteiger partial charge in [0.15, 0.2) is 0 Å². The van der Waals surface area contributed by atoms with Crippen LogP contribution in [0.3, 0.4) is 0 Å². The van der Waals surface area contributed by atoms with Gasteiger partial charge in [-0.1, -0.05) is 30.3 Å². The summed E-state index contributed by atoms with van der Waals surface area (Å²) >= 11 is 0. The summed E-state index contributed by atoms with van der Waals surface area (Å²) in [5, 5.41) is 0. The van der Waals surface area contributed by atoms with Crippen LogP contribution >= 0.6 is 0 Å². The number of carbonyl (C=O) groups excluding carboxylic acids is 1. The Balaban J connectivity index is 1.59. The first-order valence-corrected chi connectivity index (χ1v) is 10.5. The van der Waals surface area contributed by atoms with Crippen LogP contribution in [0, 0.1) is 0 Å². The van der Waals surface area contributed by atoms with Crippen LogP contribution in [-0.4, -0.2) is 52.5 Å². The minimum atomic E-state index is -0.345. The second-order valence-electron chi connectivity index (χ2n) is 8.08. The SMILES string of the molecule is C=CCN1CCCC2(CC1)CN(C(=O)Cc1ccccn1)Cc1ccccc1O2. The zero-order valence-corrected chi connectivity index (χ0v) is 16.9. The largest absolute Gasteiger partial charge is 0.485 e. The maximum atomic E-state index is 13.2. The molecule has 1 fully saturated rings. The summed E-state index contributed by atoms with van der Waals surface area (Å²) in [5.74, 6) is 1.02. The molecule has 4 rings (SSSR count). The number of para-hydroxylation sites is 1. The molecule has 0 aliphatic carbocycles. The van der Waals surface area contributed by atoms with E-state index in [0.29, 0.717) is 19.5 Å². The number of pyridine rings is 1. The van der Waals surface area contributed by atoms with Gasteiger partial charge in [-0.25, -0.2) is 0 Å². The van der Waals surface area contributed by atoms with Crippen LogP contribution in [0.15, 0.2) is 61.3 Å². The van der Waals surface area contributed by atoms with E-state index in [2.05, 4.69) is 22.5 Å². The Hall–Kier alpha value is -2.66. The van der Waals surface area contributed by atoms with Crippen molar-refractivity contribution in [2.45, 2.75) is 37.8 Å². The number of aromatic nitrogens is 1. The van der Waals surface area contributed by atoms with E-state index >= 15 is 0 Å². The Morgan fingerprint density at radius 2 is 2.03 bits per heavy atom. The van der Waals surface area contributed by atoms with Gasteiger partial charge in [0.25, 0.3) is 0 Å². The molecule has 1 spiro atoms. The topological polar surface area (TPSA) is 45.7 Å². The molecule has 0 radical (unpaired) electrons. The summed E-state index contributed by atoms with van der Waals surface area (Å²) in [5.41, 5.74) is 1.54. The lowest BCUT2D eigenvalue weighted by Crippen LogP contribution is -2.48. The van der Waals surface area contributed by atoms with Crippen molar-refractivity contribution in [3.05, 3.63) is 72.6 Å². The molecule has 0 bridgehead atoms. The lowest BCUT2D eigenvalue weighted by molar-refractivity contribution is -0.133. The van der Waals surface area contributed by atoms with Gasteiger partial charge in [-0.15, -0.1) is 6.58 Å². The average molecular weight is 392 g/mol. The summed E-state index contributed by atoms with van der Waals surface area (Å²) in [6, 6.07) is 13.8. The molecule has 2 aliphatic heterocycles. The van der Waals surface area contributed by atoms with Gasteiger partial charge in [0.05, 0.1) is 13.0 Å². The third-order valence-corrected chi connectivity index (χ3v) is 5.93. The van der Waals surface area contributed by atoms with Crippen LogP contribution in [0.1, 0.15) is 30.5 Å². The van der Waals surface area contributed by atoms with Crippen molar-refractivity contribution >= 4 is 5.91 Å². The van der Waals surface area contributed by atoms with Crippen molar-refractivity contribution in [1.82, 2.24) is 14.8 Å². The zero-order chi connectivity index (χ0) is 20.1.